The largest absolute Gasteiger partial charge is 0.395 e. The van der Waals surface area contributed by atoms with E-state index in [1.54, 1.807) is 0 Å². The number of aliphatic hydroxyl groups excluding tert-OH is 1. The second-order valence-corrected chi connectivity index (χ2v) is 8.46. The number of hydrogen-bond acceptors (Lipinski definition) is 2. The molecule has 3 fully saturated rings. The van der Waals surface area contributed by atoms with Gasteiger partial charge in [0.2, 0.25) is 0 Å². The van der Waals surface area contributed by atoms with Gasteiger partial charge in [-0.3, -0.25) is 4.79 Å². The lowest BCUT2D eigenvalue weighted by Gasteiger charge is -2.57. The number of Topliss-reactive ketones (excluding diaryl/α,β-unsaturated/α-hetero) is 1. The van der Waals surface area contributed by atoms with E-state index >= 15 is 0 Å². The van der Waals surface area contributed by atoms with Crippen LogP contribution in [-0.4, -0.2) is 17.5 Å². The highest BCUT2D eigenvalue weighted by atomic mass is 16.3. The lowest BCUT2D eigenvalue weighted by molar-refractivity contribution is -0.123. The van der Waals surface area contributed by atoms with Crippen LogP contribution in [0.3, 0.4) is 0 Å². The number of carbonyl (C=O) groups is 1. The molecule has 0 radical (unpaired) electrons. The Balaban J connectivity index is 1.72. The van der Waals surface area contributed by atoms with Gasteiger partial charge in [-0.15, -0.1) is 0 Å². The molecule has 0 unspecified atom stereocenters. The van der Waals surface area contributed by atoms with Crippen molar-refractivity contribution in [2.75, 3.05) is 6.61 Å². The Kier molecular flexibility index (Phi) is 3.12. The van der Waals surface area contributed by atoms with Gasteiger partial charge in [-0.2, -0.15) is 0 Å². The standard InChI is InChI=1S/C19H28O2/c1-18-8-2-3-16(18)15-5-4-13-11-14(21)6-10-19(13,12-20)17(15)7-9-18/h4,15-17,20H,2-3,5-12H2,1H3/t15-,16-,17-,18-,19+/m0/s1. The first-order chi connectivity index (χ1) is 10.1. The van der Waals surface area contributed by atoms with Gasteiger partial charge in [0.25, 0.3) is 0 Å². The third-order valence-corrected chi connectivity index (χ3v) is 7.72. The topological polar surface area (TPSA) is 37.3 Å². The van der Waals surface area contributed by atoms with Crippen LogP contribution in [0.2, 0.25) is 0 Å². The summed E-state index contributed by atoms with van der Waals surface area (Å²) < 4.78 is 0. The second kappa shape index (κ2) is 4.68. The van der Waals surface area contributed by atoms with E-state index in [-0.39, 0.29) is 12.0 Å². The normalized spacial score (nSPS) is 49.1. The Labute approximate surface area is 128 Å². The number of fused-ring (bicyclic) bond motifs is 5. The fourth-order valence-electron chi connectivity index (χ4n) is 6.57. The maximum atomic E-state index is 11.8. The highest BCUT2D eigenvalue weighted by Gasteiger charge is 2.57. The van der Waals surface area contributed by atoms with Gasteiger partial charge in [0, 0.05) is 18.3 Å². The maximum Gasteiger partial charge on any atom is 0.136 e. The molecule has 5 atom stereocenters. The highest BCUT2D eigenvalue weighted by molar-refractivity contribution is 5.82. The second-order valence-electron chi connectivity index (χ2n) is 8.46. The minimum Gasteiger partial charge on any atom is -0.395 e. The molecule has 0 heterocycles. The molecule has 21 heavy (non-hydrogen) atoms. The number of aliphatic hydroxyl groups is 1. The van der Waals surface area contributed by atoms with Gasteiger partial charge in [0.1, 0.15) is 5.78 Å². The molecule has 2 nitrogen and oxygen atoms in total. The van der Waals surface area contributed by atoms with Crippen LogP contribution in [0.1, 0.15) is 64.7 Å². The summed E-state index contributed by atoms with van der Waals surface area (Å²) in [7, 11) is 0. The van der Waals surface area contributed by atoms with E-state index in [0.29, 0.717) is 30.0 Å². The molecule has 2 heteroatoms. The summed E-state index contributed by atoms with van der Waals surface area (Å²) >= 11 is 0. The first kappa shape index (κ1) is 14.0. The van der Waals surface area contributed by atoms with Crippen molar-refractivity contribution in [1.29, 1.82) is 0 Å². The van der Waals surface area contributed by atoms with Gasteiger partial charge in [-0.1, -0.05) is 25.0 Å². The van der Waals surface area contributed by atoms with Crippen LogP contribution >= 0.6 is 0 Å². The Hall–Kier alpha value is -0.630. The molecule has 0 aliphatic heterocycles. The third kappa shape index (κ3) is 1.84. The molecular weight excluding hydrogens is 260 g/mol. The van der Waals surface area contributed by atoms with Crippen molar-refractivity contribution in [3.8, 4) is 0 Å². The zero-order valence-corrected chi connectivity index (χ0v) is 13.2. The summed E-state index contributed by atoms with van der Waals surface area (Å²) in [5, 5.41) is 10.3. The molecular formula is C19H28O2. The SMILES string of the molecule is C[C@@]12CCC[C@H]1[C@@H]1CC=C3CC(=O)CC[C@]3(CO)[C@H]1CC2. The van der Waals surface area contributed by atoms with Crippen LogP contribution in [0.25, 0.3) is 0 Å². The van der Waals surface area contributed by atoms with E-state index < -0.39 is 0 Å². The maximum absolute atomic E-state index is 11.8. The summed E-state index contributed by atoms with van der Waals surface area (Å²) in [5.74, 6) is 2.63. The first-order valence-electron chi connectivity index (χ1n) is 8.91. The van der Waals surface area contributed by atoms with Crippen molar-refractivity contribution in [1.82, 2.24) is 0 Å². The Morgan fingerprint density at radius 1 is 1.24 bits per heavy atom. The van der Waals surface area contributed by atoms with Crippen LogP contribution in [0, 0.1) is 28.6 Å². The van der Waals surface area contributed by atoms with Gasteiger partial charge in [-0.05, 0) is 61.7 Å². The Bertz CT molecular complexity index is 494. The van der Waals surface area contributed by atoms with Crippen LogP contribution in [0.4, 0.5) is 0 Å². The van der Waals surface area contributed by atoms with Gasteiger partial charge >= 0.3 is 0 Å². The summed E-state index contributed by atoms with van der Waals surface area (Å²) in [6.07, 6.45) is 12.5. The minimum absolute atomic E-state index is 0.0409. The molecule has 3 saturated carbocycles. The zero-order valence-electron chi connectivity index (χ0n) is 13.2. The van der Waals surface area contributed by atoms with E-state index in [9.17, 15) is 9.90 Å². The number of allylic oxidation sites excluding steroid dienone is 1. The molecule has 116 valence electrons. The summed E-state index contributed by atoms with van der Waals surface area (Å²) in [6.45, 7) is 2.77. The minimum atomic E-state index is -0.0409. The Morgan fingerprint density at radius 3 is 2.90 bits per heavy atom. The number of hydrogen-bond donors (Lipinski definition) is 1. The van der Waals surface area contributed by atoms with E-state index in [4.69, 9.17) is 0 Å². The molecule has 0 bridgehead atoms. The quantitative estimate of drug-likeness (QED) is 0.743. The predicted octanol–water partition coefficient (Wildman–Crippen LogP) is 3.88. The lowest BCUT2D eigenvalue weighted by Crippen LogP contribution is -2.51. The smallest absolute Gasteiger partial charge is 0.136 e. The number of rotatable bonds is 1. The average Bonchev–Trinajstić information content (AvgIpc) is 2.88. The van der Waals surface area contributed by atoms with E-state index in [1.807, 2.05) is 0 Å². The van der Waals surface area contributed by atoms with Crippen molar-refractivity contribution in [3.05, 3.63) is 11.6 Å². The average molecular weight is 288 g/mol. The first-order valence-corrected chi connectivity index (χ1v) is 8.91. The van der Waals surface area contributed by atoms with E-state index in [0.717, 1.165) is 24.7 Å². The number of carbonyl (C=O) groups excluding carboxylic acids is 1. The monoisotopic (exact) mass is 288 g/mol. The van der Waals surface area contributed by atoms with Crippen LogP contribution in [0.15, 0.2) is 11.6 Å². The summed E-state index contributed by atoms with van der Waals surface area (Å²) in [4.78, 5) is 11.8. The van der Waals surface area contributed by atoms with Gasteiger partial charge < -0.3 is 5.11 Å². The molecule has 4 aliphatic carbocycles. The van der Waals surface area contributed by atoms with Crippen molar-refractivity contribution >= 4 is 5.78 Å². The van der Waals surface area contributed by atoms with Gasteiger partial charge in [-0.25, -0.2) is 0 Å². The van der Waals surface area contributed by atoms with Crippen molar-refractivity contribution in [3.63, 3.8) is 0 Å². The summed E-state index contributed by atoms with van der Waals surface area (Å²) in [6, 6.07) is 0. The lowest BCUT2D eigenvalue weighted by atomic mass is 9.48. The third-order valence-electron chi connectivity index (χ3n) is 7.72. The van der Waals surface area contributed by atoms with Crippen molar-refractivity contribution < 1.29 is 9.90 Å². The molecule has 0 aromatic rings. The zero-order chi connectivity index (χ0) is 14.7. The Morgan fingerprint density at radius 2 is 2.10 bits per heavy atom. The van der Waals surface area contributed by atoms with Crippen molar-refractivity contribution in [2.45, 2.75) is 64.7 Å². The molecule has 0 saturated heterocycles. The van der Waals surface area contributed by atoms with E-state index in [1.165, 1.54) is 37.7 Å². The molecule has 0 aromatic carbocycles. The molecule has 1 N–H and O–H groups in total. The fourth-order valence-corrected chi connectivity index (χ4v) is 6.57. The fraction of sp³-hybridized carbons (Fsp3) is 0.842. The van der Waals surface area contributed by atoms with Crippen LogP contribution < -0.4 is 0 Å². The number of ketones is 1. The summed E-state index contributed by atoms with van der Waals surface area (Å²) in [5.41, 5.74) is 1.82. The molecule has 4 aliphatic rings. The molecule has 0 amide bonds. The van der Waals surface area contributed by atoms with Gasteiger partial charge in [0.05, 0.1) is 6.61 Å². The van der Waals surface area contributed by atoms with Crippen molar-refractivity contribution in [2.24, 2.45) is 28.6 Å². The highest BCUT2D eigenvalue weighted by Crippen LogP contribution is 2.64. The molecule has 0 spiro atoms. The molecule has 4 rings (SSSR count). The predicted molar refractivity (Wildman–Crippen MR) is 82.7 cm³/mol. The van der Waals surface area contributed by atoms with Crippen LogP contribution in [-0.2, 0) is 4.79 Å². The van der Waals surface area contributed by atoms with Gasteiger partial charge in [0.15, 0.2) is 0 Å². The van der Waals surface area contributed by atoms with E-state index in [2.05, 4.69) is 13.0 Å². The molecule has 0 aromatic heterocycles. The van der Waals surface area contributed by atoms with Crippen LogP contribution in [0.5, 0.6) is 0 Å².